The summed E-state index contributed by atoms with van der Waals surface area (Å²) in [5.74, 6) is 1.91. The van der Waals surface area contributed by atoms with Crippen molar-refractivity contribution in [2.75, 3.05) is 32.8 Å². The van der Waals surface area contributed by atoms with Crippen molar-refractivity contribution in [3.8, 4) is 17.3 Å². The molecule has 0 atom stereocenters. The minimum atomic E-state index is 0.129. The number of carbonyl (C=O) groups excluding carboxylic acids is 1. The standard InChI is InChI=1S/C25H25N5O2S/c31-24(15-30-22-4-2-1-3-20(22)27-25(30)21-16-33-17-26-21)29-10-8-28(9-11-29)14-18-5-6-23-19(13-18)7-12-32-23/h1-6,13,16-17H,7-12,14-15H2. The van der Waals surface area contributed by atoms with Gasteiger partial charge >= 0.3 is 0 Å². The molecule has 6 rings (SSSR count). The average molecular weight is 460 g/mol. The number of benzene rings is 2. The Kier molecular flexibility index (Phi) is 5.32. The number of thiazole rings is 1. The number of carbonyl (C=O) groups is 1. The Balaban J connectivity index is 1.13. The quantitative estimate of drug-likeness (QED) is 0.458. The van der Waals surface area contributed by atoms with E-state index in [0.29, 0.717) is 0 Å². The van der Waals surface area contributed by atoms with E-state index >= 15 is 0 Å². The number of ether oxygens (including phenoxy) is 1. The van der Waals surface area contributed by atoms with Crippen LogP contribution < -0.4 is 4.74 Å². The molecule has 1 fully saturated rings. The van der Waals surface area contributed by atoms with E-state index in [-0.39, 0.29) is 12.5 Å². The molecule has 2 aliphatic heterocycles. The van der Waals surface area contributed by atoms with Gasteiger partial charge in [0.05, 0.1) is 23.2 Å². The first-order valence-electron chi connectivity index (χ1n) is 11.3. The fourth-order valence-electron chi connectivity index (χ4n) is 4.74. The Labute approximate surface area is 196 Å². The van der Waals surface area contributed by atoms with Crippen molar-refractivity contribution in [1.29, 1.82) is 0 Å². The topological polar surface area (TPSA) is 63.5 Å². The zero-order valence-electron chi connectivity index (χ0n) is 18.3. The maximum absolute atomic E-state index is 13.3. The summed E-state index contributed by atoms with van der Waals surface area (Å²) in [7, 11) is 0. The fraction of sp³-hybridized carbons (Fsp3) is 0.320. The third kappa shape index (κ3) is 4.00. The van der Waals surface area contributed by atoms with Gasteiger partial charge in [-0.05, 0) is 29.3 Å². The molecule has 0 N–H and O–H groups in total. The van der Waals surface area contributed by atoms with Gasteiger partial charge in [0.25, 0.3) is 0 Å². The molecule has 1 amide bonds. The summed E-state index contributed by atoms with van der Waals surface area (Å²) in [6.45, 7) is 5.21. The molecule has 2 aromatic carbocycles. The zero-order chi connectivity index (χ0) is 22.2. The van der Waals surface area contributed by atoms with Crippen LogP contribution in [-0.2, 0) is 24.3 Å². The molecule has 0 unspecified atom stereocenters. The lowest BCUT2D eigenvalue weighted by Crippen LogP contribution is -2.49. The largest absolute Gasteiger partial charge is 0.493 e. The normalized spacial score (nSPS) is 16.2. The maximum atomic E-state index is 13.3. The van der Waals surface area contributed by atoms with Gasteiger partial charge in [-0.25, -0.2) is 9.97 Å². The number of aromatic nitrogens is 3. The minimum Gasteiger partial charge on any atom is -0.493 e. The first kappa shape index (κ1) is 20.4. The molecule has 0 saturated carbocycles. The second-order valence-corrected chi connectivity index (χ2v) is 9.30. The lowest BCUT2D eigenvalue weighted by atomic mass is 10.1. The summed E-state index contributed by atoms with van der Waals surface area (Å²) in [5.41, 5.74) is 7.09. The molecule has 7 nitrogen and oxygen atoms in total. The van der Waals surface area contributed by atoms with Crippen molar-refractivity contribution in [1.82, 2.24) is 24.3 Å². The molecule has 8 heteroatoms. The van der Waals surface area contributed by atoms with E-state index in [1.807, 2.05) is 39.1 Å². The van der Waals surface area contributed by atoms with Gasteiger partial charge in [0, 0.05) is 44.5 Å². The fourth-order valence-corrected chi connectivity index (χ4v) is 5.27. The summed E-state index contributed by atoms with van der Waals surface area (Å²) in [5, 5.41) is 1.98. The average Bonchev–Trinajstić information content (AvgIpc) is 3.59. The Morgan fingerprint density at radius 1 is 1.09 bits per heavy atom. The minimum absolute atomic E-state index is 0.129. The second kappa shape index (κ2) is 8.61. The summed E-state index contributed by atoms with van der Waals surface area (Å²) in [4.78, 5) is 26.8. The van der Waals surface area contributed by atoms with Crippen LogP contribution in [0.2, 0.25) is 0 Å². The summed E-state index contributed by atoms with van der Waals surface area (Å²) < 4.78 is 7.62. The van der Waals surface area contributed by atoms with Gasteiger partial charge in [0.2, 0.25) is 5.91 Å². The molecular weight excluding hydrogens is 434 g/mol. The molecule has 0 radical (unpaired) electrons. The lowest BCUT2D eigenvalue weighted by Gasteiger charge is -2.35. The predicted octanol–water partition coefficient (Wildman–Crippen LogP) is 3.44. The first-order valence-corrected chi connectivity index (χ1v) is 12.3. The molecular formula is C25H25N5O2S. The number of amides is 1. The van der Waals surface area contributed by atoms with Gasteiger partial charge < -0.3 is 14.2 Å². The molecule has 33 heavy (non-hydrogen) atoms. The van der Waals surface area contributed by atoms with Crippen LogP contribution in [0.4, 0.5) is 0 Å². The Hall–Kier alpha value is -3.23. The number of rotatable bonds is 5. The summed E-state index contributed by atoms with van der Waals surface area (Å²) in [6.07, 6.45) is 0.997. The highest BCUT2D eigenvalue weighted by Crippen LogP contribution is 2.27. The third-order valence-electron chi connectivity index (χ3n) is 6.49. The second-order valence-electron chi connectivity index (χ2n) is 8.58. The SMILES string of the molecule is O=C(Cn1c(-c2cscn2)nc2ccccc21)N1CCN(Cc2ccc3c(c2)CCO3)CC1. The van der Waals surface area contributed by atoms with E-state index in [1.54, 1.807) is 5.51 Å². The number of piperazine rings is 1. The highest BCUT2D eigenvalue weighted by molar-refractivity contribution is 7.07. The van der Waals surface area contributed by atoms with Crippen LogP contribution in [0.1, 0.15) is 11.1 Å². The van der Waals surface area contributed by atoms with Gasteiger partial charge in [-0.15, -0.1) is 11.3 Å². The van der Waals surface area contributed by atoms with E-state index in [9.17, 15) is 4.79 Å². The van der Waals surface area contributed by atoms with Crippen molar-refractivity contribution in [3.05, 3.63) is 64.5 Å². The highest BCUT2D eigenvalue weighted by Gasteiger charge is 2.24. The molecule has 0 bridgehead atoms. The van der Waals surface area contributed by atoms with Crippen LogP contribution in [0.15, 0.2) is 53.4 Å². The van der Waals surface area contributed by atoms with Crippen molar-refractivity contribution in [3.63, 3.8) is 0 Å². The summed E-state index contributed by atoms with van der Waals surface area (Å²) >= 11 is 1.54. The van der Waals surface area contributed by atoms with Crippen LogP contribution in [-0.4, -0.2) is 63.0 Å². The van der Waals surface area contributed by atoms with Gasteiger partial charge in [0.15, 0.2) is 5.82 Å². The van der Waals surface area contributed by atoms with Crippen LogP contribution in [0.25, 0.3) is 22.6 Å². The number of para-hydroxylation sites is 2. The number of fused-ring (bicyclic) bond motifs is 2. The van der Waals surface area contributed by atoms with Gasteiger partial charge in [-0.1, -0.05) is 24.3 Å². The van der Waals surface area contributed by atoms with Gasteiger partial charge in [-0.3, -0.25) is 9.69 Å². The molecule has 4 heterocycles. The van der Waals surface area contributed by atoms with E-state index in [1.165, 1.54) is 22.5 Å². The van der Waals surface area contributed by atoms with E-state index in [2.05, 4.69) is 28.1 Å². The van der Waals surface area contributed by atoms with Crippen molar-refractivity contribution < 1.29 is 9.53 Å². The van der Waals surface area contributed by atoms with E-state index in [0.717, 1.165) is 74.1 Å². The first-order chi connectivity index (χ1) is 16.2. The van der Waals surface area contributed by atoms with Gasteiger partial charge in [0.1, 0.15) is 18.0 Å². The van der Waals surface area contributed by atoms with Crippen LogP contribution in [0.5, 0.6) is 5.75 Å². The van der Waals surface area contributed by atoms with Crippen LogP contribution >= 0.6 is 11.3 Å². The Morgan fingerprint density at radius 2 is 1.97 bits per heavy atom. The van der Waals surface area contributed by atoms with E-state index < -0.39 is 0 Å². The zero-order valence-corrected chi connectivity index (χ0v) is 19.1. The van der Waals surface area contributed by atoms with Crippen LogP contribution in [0, 0.1) is 0 Å². The number of hydrogen-bond acceptors (Lipinski definition) is 6. The lowest BCUT2D eigenvalue weighted by molar-refractivity contribution is -0.133. The van der Waals surface area contributed by atoms with Crippen molar-refractivity contribution >= 4 is 28.3 Å². The molecule has 0 aliphatic carbocycles. The van der Waals surface area contributed by atoms with E-state index in [4.69, 9.17) is 9.72 Å². The molecule has 4 aromatic rings. The summed E-state index contributed by atoms with van der Waals surface area (Å²) in [6, 6.07) is 14.5. The Morgan fingerprint density at radius 3 is 2.82 bits per heavy atom. The smallest absolute Gasteiger partial charge is 0.242 e. The Bertz CT molecular complexity index is 1290. The number of hydrogen-bond donors (Lipinski definition) is 0. The van der Waals surface area contributed by atoms with Crippen molar-refractivity contribution in [2.45, 2.75) is 19.5 Å². The molecule has 1 saturated heterocycles. The van der Waals surface area contributed by atoms with Crippen molar-refractivity contribution in [2.24, 2.45) is 0 Å². The predicted molar refractivity (Wildman–Crippen MR) is 128 cm³/mol. The monoisotopic (exact) mass is 459 g/mol. The molecule has 168 valence electrons. The highest BCUT2D eigenvalue weighted by atomic mass is 32.1. The molecule has 2 aromatic heterocycles. The molecule has 0 spiro atoms. The number of imidazole rings is 1. The van der Waals surface area contributed by atoms with Gasteiger partial charge in [-0.2, -0.15) is 0 Å². The van der Waals surface area contributed by atoms with Crippen LogP contribution in [0.3, 0.4) is 0 Å². The molecule has 2 aliphatic rings. The number of nitrogens with zero attached hydrogens (tertiary/aromatic N) is 5. The third-order valence-corrected chi connectivity index (χ3v) is 7.08. The maximum Gasteiger partial charge on any atom is 0.242 e.